The topological polar surface area (TPSA) is 54.9 Å². The lowest BCUT2D eigenvalue weighted by atomic mass is 10.2. The Morgan fingerprint density at radius 3 is 2.48 bits per heavy atom. The number of pyridine rings is 1. The second-order valence-electron chi connectivity index (χ2n) is 5.10. The van der Waals surface area contributed by atoms with Gasteiger partial charge in [0.2, 0.25) is 0 Å². The van der Waals surface area contributed by atoms with Crippen LogP contribution >= 0.6 is 57.7 Å². The van der Waals surface area contributed by atoms with Crippen molar-refractivity contribution in [1.82, 2.24) is 9.97 Å². The van der Waals surface area contributed by atoms with Gasteiger partial charge < -0.3 is 0 Å². The molecule has 2 aromatic heterocycles. The minimum atomic E-state index is -0.514. The Bertz CT molecular complexity index is 754. The van der Waals surface area contributed by atoms with Crippen molar-refractivity contribution in [2.75, 3.05) is 5.32 Å². The van der Waals surface area contributed by atoms with Crippen molar-refractivity contribution in [2.45, 2.75) is 32.1 Å². The largest absolute Gasteiger partial charge is 0.296 e. The molecule has 1 N–H and O–H groups in total. The van der Waals surface area contributed by atoms with E-state index in [-0.39, 0.29) is 25.9 Å². The van der Waals surface area contributed by atoms with E-state index in [0.29, 0.717) is 5.13 Å². The van der Waals surface area contributed by atoms with Crippen LogP contribution in [0.1, 0.15) is 40.3 Å². The molecule has 4 nitrogen and oxygen atoms in total. The summed E-state index contributed by atoms with van der Waals surface area (Å²) in [5, 5.41) is 3.17. The number of fused-ring (bicyclic) bond motifs is 1. The molecule has 0 spiro atoms. The van der Waals surface area contributed by atoms with Crippen LogP contribution in [0, 0.1) is 0 Å². The fraction of sp³-hybridized carbons (Fsp3) is 0.357. The van der Waals surface area contributed by atoms with E-state index in [4.69, 9.17) is 46.4 Å². The summed E-state index contributed by atoms with van der Waals surface area (Å²) in [6.07, 6.45) is 5.43. The van der Waals surface area contributed by atoms with Gasteiger partial charge in [-0.3, -0.25) is 10.1 Å². The van der Waals surface area contributed by atoms with Crippen molar-refractivity contribution in [1.29, 1.82) is 0 Å². The Labute approximate surface area is 157 Å². The highest BCUT2D eigenvalue weighted by molar-refractivity contribution is 7.15. The summed E-state index contributed by atoms with van der Waals surface area (Å²) in [5.74, 6) is -0.514. The maximum Gasteiger partial charge on any atom is 0.277 e. The van der Waals surface area contributed by atoms with Crippen LogP contribution in [0.5, 0.6) is 0 Å². The molecule has 0 aromatic carbocycles. The molecule has 122 valence electrons. The lowest BCUT2D eigenvalue weighted by Gasteiger charge is -2.07. The van der Waals surface area contributed by atoms with Crippen LogP contribution < -0.4 is 5.32 Å². The van der Waals surface area contributed by atoms with Crippen LogP contribution in [0.2, 0.25) is 20.2 Å². The molecule has 0 saturated carbocycles. The zero-order valence-electron chi connectivity index (χ0n) is 11.8. The Hall–Kier alpha value is -0.590. The molecule has 2 aromatic rings. The maximum atomic E-state index is 12.4. The Balaban J connectivity index is 1.85. The predicted octanol–water partition coefficient (Wildman–Crippen LogP) is 5.67. The highest BCUT2D eigenvalue weighted by Crippen LogP contribution is 2.36. The fourth-order valence-electron chi connectivity index (χ4n) is 2.38. The van der Waals surface area contributed by atoms with E-state index in [9.17, 15) is 4.79 Å². The summed E-state index contributed by atoms with van der Waals surface area (Å²) in [5.41, 5.74) is 0.991. The van der Waals surface area contributed by atoms with Gasteiger partial charge in [0, 0.05) is 4.88 Å². The number of halogens is 4. The summed E-state index contributed by atoms with van der Waals surface area (Å²) < 4.78 is 0. The molecule has 3 rings (SSSR count). The summed E-state index contributed by atoms with van der Waals surface area (Å²) in [4.78, 5) is 22.0. The molecular weight excluding hydrogens is 400 g/mol. The molecule has 1 amide bonds. The van der Waals surface area contributed by atoms with Gasteiger partial charge in [0.25, 0.3) is 5.91 Å². The van der Waals surface area contributed by atoms with Crippen LogP contribution in [0.3, 0.4) is 0 Å². The zero-order chi connectivity index (χ0) is 16.6. The normalized spacial score (nSPS) is 14.3. The number of aryl methyl sites for hydroxylation is 2. The molecule has 0 unspecified atom stereocenters. The van der Waals surface area contributed by atoms with Gasteiger partial charge >= 0.3 is 0 Å². The minimum Gasteiger partial charge on any atom is -0.296 e. The SMILES string of the molecule is O=C(Nc1nc2c(s1)CCCCC2)c1nc(Cl)c(Cl)c(Cl)c1Cl. The van der Waals surface area contributed by atoms with Gasteiger partial charge in [-0.25, -0.2) is 9.97 Å². The third kappa shape index (κ3) is 3.59. The Morgan fingerprint density at radius 2 is 1.70 bits per heavy atom. The van der Waals surface area contributed by atoms with Gasteiger partial charge in [-0.05, 0) is 25.7 Å². The first kappa shape index (κ1) is 17.2. The minimum absolute atomic E-state index is 0.00778. The van der Waals surface area contributed by atoms with Crippen LogP contribution in [0.25, 0.3) is 0 Å². The predicted molar refractivity (Wildman–Crippen MR) is 95.6 cm³/mol. The number of thiazole rings is 1. The molecule has 0 saturated heterocycles. The lowest BCUT2D eigenvalue weighted by molar-refractivity contribution is 0.102. The summed E-state index contributed by atoms with van der Waals surface area (Å²) in [7, 11) is 0. The standard InChI is InChI=1S/C14H11Cl4N3OS/c15-8-9(16)11(20-12(18)10(8)17)13(22)21-14-19-6-4-2-1-3-5-7(6)23-14/h1-5H2,(H,19,21,22). The van der Waals surface area contributed by atoms with Gasteiger partial charge in [-0.2, -0.15) is 0 Å². The van der Waals surface area contributed by atoms with E-state index >= 15 is 0 Å². The highest BCUT2D eigenvalue weighted by Gasteiger charge is 2.22. The Kier molecular flexibility index (Phi) is 5.33. The third-order valence-electron chi connectivity index (χ3n) is 3.52. The van der Waals surface area contributed by atoms with Crippen LogP contribution in [-0.2, 0) is 12.8 Å². The van der Waals surface area contributed by atoms with Gasteiger partial charge in [0.05, 0.1) is 20.8 Å². The fourth-order valence-corrected chi connectivity index (χ4v) is 4.24. The van der Waals surface area contributed by atoms with Crippen LogP contribution in [0.4, 0.5) is 5.13 Å². The molecule has 0 bridgehead atoms. The number of hydrogen-bond acceptors (Lipinski definition) is 4. The van der Waals surface area contributed by atoms with Crippen molar-refractivity contribution >= 4 is 68.8 Å². The van der Waals surface area contributed by atoms with Crippen molar-refractivity contribution in [2.24, 2.45) is 0 Å². The first-order valence-electron chi connectivity index (χ1n) is 6.97. The van der Waals surface area contributed by atoms with Gasteiger partial charge in [0.1, 0.15) is 5.15 Å². The van der Waals surface area contributed by atoms with E-state index in [1.807, 2.05) is 0 Å². The van der Waals surface area contributed by atoms with Gasteiger partial charge in [0.15, 0.2) is 10.8 Å². The van der Waals surface area contributed by atoms with Crippen LogP contribution in [-0.4, -0.2) is 15.9 Å². The van der Waals surface area contributed by atoms with Crippen molar-refractivity contribution < 1.29 is 4.79 Å². The molecule has 1 aliphatic carbocycles. The molecule has 0 fully saturated rings. The van der Waals surface area contributed by atoms with E-state index < -0.39 is 5.91 Å². The molecule has 23 heavy (non-hydrogen) atoms. The number of aromatic nitrogens is 2. The molecular formula is C14H11Cl4N3OS. The highest BCUT2D eigenvalue weighted by atomic mass is 35.5. The van der Waals surface area contributed by atoms with Crippen molar-refractivity contribution in [3.05, 3.63) is 36.5 Å². The second kappa shape index (κ2) is 7.11. The number of carbonyl (C=O) groups is 1. The lowest BCUT2D eigenvalue weighted by Crippen LogP contribution is -2.14. The quantitative estimate of drug-likeness (QED) is 0.512. The summed E-state index contributed by atoms with van der Waals surface area (Å²) in [6.45, 7) is 0. The van der Waals surface area contributed by atoms with E-state index in [1.54, 1.807) is 0 Å². The monoisotopic (exact) mass is 409 g/mol. The molecule has 0 atom stereocenters. The van der Waals surface area contributed by atoms with E-state index in [2.05, 4.69) is 15.3 Å². The molecule has 2 heterocycles. The third-order valence-corrected chi connectivity index (χ3v) is 6.27. The molecule has 1 aliphatic rings. The first-order chi connectivity index (χ1) is 11.0. The van der Waals surface area contributed by atoms with Gasteiger partial charge in [-0.15, -0.1) is 11.3 Å². The smallest absolute Gasteiger partial charge is 0.277 e. The average Bonchev–Trinajstić information content (AvgIpc) is 2.77. The van der Waals surface area contributed by atoms with E-state index in [0.717, 1.165) is 31.4 Å². The zero-order valence-corrected chi connectivity index (χ0v) is 15.6. The average molecular weight is 411 g/mol. The number of carbonyl (C=O) groups excluding carboxylic acids is 1. The number of hydrogen-bond donors (Lipinski definition) is 1. The van der Waals surface area contributed by atoms with Crippen molar-refractivity contribution in [3.8, 4) is 0 Å². The van der Waals surface area contributed by atoms with Crippen LogP contribution in [0.15, 0.2) is 0 Å². The number of rotatable bonds is 2. The maximum absolute atomic E-state index is 12.4. The van der Waals surface area contributed by atoms with Crippen molar-refractivity contribution in [3.63, 3.8) is 0 Å². The molecule has 9 heteroatoms. The van der Waals surface area contributed by atoms with E-state index in [1.165, 1.54) is 22.6 Å². The number of amides is 1. The number of nitrogens with one attached hydrogen (secondary N) is 1. The number of nitrogens with zero attached hydrogens (tertiary/aromatic N) is 2. The number of anilines is 1. The molecule has 0 radical (unpaired) electrons. The molecule has 0 aliphatic heterocycles. The Morgan fingerprint density at radius 1 is 0.957 bits per heavy atom. The summed E-state index contributed by atoms with van der Waals surface area (Å²) in [6, 6.07) is 0. The second-order valence-corrected chi connectivity index (χ2v) is 7.67. The summed E-state index contributed by atoms with van der Waals surface area (Å²) >= 11 is 25.2. The van der Waals surface area contributed by atoms with Gasteiger partial charge in [-0.1, -0.05) is 52.8 Å². The first-order valence-corrected chi connectivity index (χ1v) is 9.30.